The van der Waals surface area contributed by atoms with Crippen LogP contribution in [0.5, 0.6) is 5.75 Å². The smallest absolute Gasteiger partial charge is 0.226 e. The molecule has 0 N–H and O–H groups in total. The Labute approximate surface area is 191 Å². The number of carbonyl (C=O) groups is 1. The van der Waals surface area contributed by atoms with Crippen molar-refractivity contribution in [2.24, 2.45) is 0 Å². The van der Waals surface area contributed by atoms with Crippen molar-refractivity contribution >= 4 is 22.2 Å². The molecule has 7 heteroatoms. The van der Waals surface area contributed by atoms with Gasteiger partial charge < -0.3 is 13.9 Å². The van der Waals surface area contributed by atoms with E-state index in [-0.39, 0.29) is 12.6 Å². The summed E-state index contributed by atoms with van der Waals surface area (Å²) in [4.78, 5) is 21.2. The van der Waals surface area contributed by atoms with Crippen molar-refractivity contribution < 1.29 is 18.8 Å². The van der Waals surface area contributed by atoms with Crippen LogP contribution < -0.4 is 4.74 Å². The van der Waals surface area contributed by atoms with E-state index in [4.69, 9.17) is 14.0 Å². The Morgan fingerprint density at radius 2 is 1.97 bits per heavy atom. The van der Waals surface area contributed by atoms with Gasteiger partial charge in [-0.15, -0.1) is 0 Å². The minimum absolute atomic E-state index is 0.00684. The van der Waals surface area contributed by atoms with Crippen molar-refractivity contribution in [2.75, 3.05) is 13.2 Å². The molecule has 0 bridgehead atoms. The SMILES string of the molecule is Cc1oc(-c2ccc(Br)cc2)nc1CCOc1cccc(CN(CC=O)OC(C)C)c1. The number of hydrogen-bond acceptors (Lipinski definition) is 6. The molecule has 0 unspecified atom stereocenters. The molecule has 6 nitrogen and oxygen atoms in total. The maximum Gasteiger partial charge on any atom is 0.226 e. The third-order valence-electron chi connectivity index (χ3n) is 4.49. The number of oxazole rings is 1. The van der Waals surface area contributed by atoms with E-state index in [1.165, 1.54) is 0 Å². The standard InChI is InChI=1S/C24H27BrN2O4/c1-17(2)31-27(12-13-28)16-19-5-4-6-22(15-19)29-14-11-23-18(3)30-24(26-23)20-7-9-21(25)10-8-20/h4-10,13,15,17H,11-12,14,16H2,1-3H3. The van der Waals surface area contributed by atoms with E-state index in [2.05, 4.69) is 20.9 Å². The van der Waals surface area contributed by atoms with E-state index in [9.17, 15) is 4.79 Å². The Bertz CT molecular complexity index is 985. The number of nitrogens with zero attached hydrogens (tertiary/aromatic N) is 2. The Balaban J connectivity index is 1.58. The summed E-state index contributed by atoms with van der Waals surface area (Å²) in [5.41, 5.74) is 2.83. The molecule has 0 saturated carbocycles. The number of aldehydes is 1. The van der Waals surface area contributed by atoms with Gasteiger partial charge in [0.15, 0.2) is 0 Å². The van der Waals surface area contributed by atoms with E-state index in [1.54, 1.807) is 5.06 Å². The van der Waals surface area contributed by atoms with Crippen molar-refractivity contribution in [3.8, 4) is 17.2 Å². The molecule has 3 rings (SSSR count). The summed E-state index contributed by atoms with van der Waals surface area (Å²) in [5.74, 6) is 2.18. The highest BCUT2D eigenvalue weighted by molar-refractivity contribution is 9.10. The maximum absolute atomic E-state index is 10.9. The number of carbonyl (C=O) groups excluding carboxylic acids is 1. The van der Waals surface area contributed by atoms with Gasteiger partial charge in [-0.3, -0.25) is 4.84 Å². The van der Waals surface area contributed by atoms with Crippen molar-refractivity contribution in [3.05, 3.63) is 70.0 Å². The Morgan fingerprint density at radius 1 is 1.19 bits per heavy atom. The lowest BCUT2D eigenvalue weighted by Gasteiger charge is -2.22. The maximum atomic E-state index is 10.9. The van der Waals surface area contributed by atoms with Gasteiger partial charge in [0.1, 0.15) is 17.8 Å². The topological polar surface area (TPSA) is 64.8 Å². The highest BCUT2D eigenvalue weighted by Crippen LogP contribution is 2.24. The summed E-state index contributed by atoms with van der Waals surface area (Å²) in [5, 5.41) is 1.65. The zero-order chi connectivity index (χ0) is 22.2. The molecule has 31 heavy (non-hydrogen) atoms. The summed E-state index contributed by atoms with van der Waals surface area (Å²) in [6.45, 7) is 7.00. The summed E-state index contributed by atoms with van der Waals surface area (Å²) in [6.07, 6.45) is 1.49. The van der Waals surface area contributed by atoms with E-state index in [1.807, 2.05) is 69.3 Å². The molecule has 0 aliphatic rings. The summed E-state index contributed by atoms with van der Waals surface area (Å²) >= 11 is 3.44. The van der Waals surface area contributed by atoms with E-state index < -0.39 is 0 Å². The van der Waals surface area contributed by atoms with Gasteiger partial charge in [0.2, 0.25) is 5.89 Å². The molecule has 0 spiro atoms. The molecular weight excluding hydrogens is 460 g/mol. The van der Waals surface area contributed by atoms with Crippen LogP contribution in [-0.4, -0.2) is 35.6 Å². The van der Waals surface area contributed by atoms with Gasteiger partial charge in [0.05, 0.1) is 24.9 Å². The quantitative estimate of drug-likeness (QED) is 0.268. The fourth-order valence-electron chi connectivity index (χ4n) is 3.10. The molecule has 2 aromatic carbocycles. The van der Waals surface area contributed by atoms with Crippen molar-refractivity contribution in [2.45, 2.75) is 39.8 Å². The second-order valence-electron chi connectivity index (χ2n) is 7.42. The van der Waals surface area contributed by atoms with Crippen LogP contribution in [0, 0.1) is 6.92 Å². The van der Waals surface area contributed by atoms with Crippen LogP contribution in [0.15, 0.2) is 57.4 Å². The molecule has 0 amide bonds. The lowest BCUT2D eigenvalue weighted by molar-refractivity contribution is -0.191. The number of hydrogen-bond donors (Lipinski definition) is 0. The van der Waals surface area contributed by atoms with Gasteiger partial charge in [-0.1, -0.05) is 28.1 Å². The van der Waals surface area contributed by atoms with Crippen molar-refractivity contribution in [3.63, 3.8) is 0 Å². The molecule has 164 valence electrons. The first-order chi connectivity index (χ1) is 14.9. The van der Waals surface area contributed by atoms with Crippen LogP contribution in [0.25, 0.3) is 11.5 Å². The number of hydroxylamine groups is 2. The number of rotatable bonds is 11. The number of ether oxygens (including phenoxy) is 1. The fraction of sp³-hybridized carbons (Fsp3) is 0.333. The summed E-state index contributed by atoms with van der Waals surface area (Å²) in [7, 11) is 0. The van der Waals surface area contributed by atoms with Crippen molar-refractivity contribution in [1.29, 1.82) is 0 Å². The molecular formula is C24H27BrN2O4. The predicted octanol–water partition coefficient (Wildman–Crippen LogP) is 5.37. The van der Waals surface area contributed by atoms with Crippen molar-refractivity contribution in [1.82, 2.24) is 10.0 Å². The van der Waals surface area contributed by atoms with Crippen LogP contribution in [0.1, 0.15) is 30.9 Å². The van der Waals surface area contributed by atoms with Gasteiger partial charge in [-0.2, -0.15) is 5.06 Å². The molecule has 0 fully saturated rings. The Hall–Kier alpha value is -2.48. The van der Waals surface area contributed by atoms with Crippen LogP contribution in [-0.2, 0) is 22.6 Å². The van der Waals surface area contributed by atoms with Gasteiger partial charge in [-0.25, -0.2) is 4.98 Å². The minimum atomic E-state index is 0.00684. The molecule has 3 aromatic rings. The molecule has 0 radical (unpaired) electrons. The number of aryl methyl sites for hydroxylation is 1. The third-order valence-corrected chi connectivity index (χ3v) is 5.02. The second-order valence-corrected chi connectivity index (χ2v) is 8.33. The average molecular weight is 487 g/mol. The number of aromatic nitrogens is 1. The lowest BCUT2D eigenvalue weighted by atomic mass is 10.2. The van der Waals surface area contributed by atoms with E-state index >= 15 is 0 Å². The van der Waals surface area contributed by atoms with Crippen LogP contribution >= 0.6 is 15.9 Å². The zero-order valence-corrected chi connectivity index (χ0v) is 19.6. The molecule has 1 aromatic heterocycles. The van der Waals surface area contributed by atoms with Gasteiger partial charge >= 0.3 is 0 Å². The second kappa shape index (κ2) is 11.2. The largest absolute Gasteiger partial charge is 0.493 e. The monoisotopic (exact) mass is 486 g/mol. The first-order valence-corrected chi connectivity index (χ1v) is 11.0. The molecule has 0 aliphatic heterocycles. The van der Waals surface area contributed by atoms with Crippen LogP contribution in [0.4, 0.5) is 0 Å². The average Bonchev–Trinajstić information content (AvgIpc) is 3.09. The summed E-state index contributed by atoms with van der Waals surface area (Å²) in [6, 6.07) is 15.7. The normalized spacial score (nSPS) is 11.3. The Morgan fingerprint density at radius 3 is 2.68 bits per heavy atom. The Kier molecular flexibility index (Phi) is 8.40. The highest BCUT2D eigenvalue weighted by Gasteiger charge is 2.12. The molecule has 0 atom stereocenters. The number of benzene rings is 2. The van der Waals surface area contributed by atoms with Crippen LogP contribution in [0.3, 0.4) is 0 Å². The molecule has 0 saturated heterocycles. The van der Waals surface area contributed by atoms with E-state index in [0.717, 1.165) is 39.1 Å². The lowest BCUT2D eigenvalue weighted by Crippen LogP contribution is -2.28. The minimum Gasteiger partial charge on any atom is -0.493 e. The molecule has 1 heterocycles. The van der Waals surface area contributed by atoms with E-state index in [0.29, 0.717) is 25.5 Å². The zero-order valence-electron chi connectivity index (χ0n) is 18.0. The van der Waals surface area contributed by atoms with Gasteiger partial charge in [-0.05, 0) is 62.7 Å². The summed E-state index contributed by atoms with van der Waals surface area (Å²) < 4.78 is 12.8. The third kappa shape index (κ3) is 7.02. The first kappa shape index (κ1) is 23.2. The van der Waals surface area contributed by atoms with Gasteiger partial charge in [0, 0.05) is 23.0 Å². The fourth-order valence-corrected chi connectivity index (χ4v) is 3.37. The highest BCUT2D eigenvalue weighted by atomic mass is 79.9. The molecule has 0 aliphatic carbocycles. The number of halogens is 1. The van der Waals surface area contributed by atoms with Gasteiger partial charge in [0.25, 0.3) is 0 Å². The predicted molar refractivity (Wildman–Crippen MR) is 123 cm³/mol. The first-order valence-electron chi connectivity index (χ1n) is 10.2. The van der Waals surface area contributed by atoms with Crippen LogP contribution in [0.2, 0.25) is 0 Å².